The third-order valence-corrected chi connectivity index (χ3v) is 4.25. The summed E-state index contributed by atoms with van der Waals surface area (Å²) in [5.74, 6) is 1.96. The monoisotopic (exact) mass is 259 g/mol. The first-order chi connectivity index (χ1) is 9.33. The van der Waals surface area contributed by atoms with Crippen molar-refractivity contribution in [1.29, 1.82) is 0 Å². The van der Waals surface area contributed by atoms with Crippen LogP contribution in [-0.4, -0.2) is 25.5 Å². The topological polar surface area (TPSA) is 38.3 Å². The number of ether oxygens (including phenoxy) is 1. The number of Topliss-reactive ketones (excluding diaryl/α,β-unsaturated/α-hetero) is 1. The summed E-state index contributed by atoms with van der Waals surface area (Å²) in [5.41, 5.74) is 2.05. The lowest BCUT2D eigenvalue weighted by molar-refractivity contribution is 0.0970. The molecule has 1 N–H and O–H groups in total. The van der Waals surface area contributed by atoms with E-state index < -0.39 is 0 Å². The van der Waals surface area contributed by atoms with Gasteiger partial charge in [-0.3, -0.25) is 4.79 Å². The molecule has 3 rings (SSSR count). The van der Waals surface area contributed by atoms with Crippen LogP contribution in [0.25, 0.3) is 0 Å². The fourth-order valence-electron chi connectivity index (χ4n) is 3.01. The molecule has 0 radical (unpaired) electrons. The Kier molecular flexibility index (Phi) is 3.83. The number of piperidine rings is 1. The minimum atomic E-state index is 0.285. The molecule has 19 heavy (non-hydrogen) atoms. The molecule has 0 amide bonds. The predicted molar refractivity (Wildman–Crippen MR) is 74.8 cm³/mol. The van der Waals surface area contributed by atoms with Gasteiger partial charge in [-0.15, -0.1) is 0 Å². The number of fused-ring (bicyclic) bond motifs is 1. The van der Waals surface area contributed by atoms with Crippen LogP contribution in [-0.2, 0) is 6.42 Å². The van der Waals surface area contributed by atoms with Gasteiger partial charge < -0.3 is 10.1 Å². The summed E-state index contributed by atoms with van der Waals surface area (Å²) in [4.78, 5) is 12.2. The molecule has 0 aliphatic carbocycles. The zero-order chi connectivity index (χ0) is 13.1. The third-order valence-electron chi connectivity index (χ3n) is 4.25. The lowest BCUT2D eigenvalue weighted by atomic mass is 9.91. The summed E-state index contributed by atoms with van der Waals surface area (Å²) in [6.07, 6.45) is 5.08. The van der Waals surface area contributed by atoms with Crippen LogP contribution in [0.3, 0.4) is 0 Å². The van der Waals surface area contributed by atoms with Gasteiger partial charge in [0.2, 0.25) is 0 Å². The molecule has 2 aliphatic heterocycles. The van der Waals surface area contributed by atoms with E-state index in [2.05, 4.69) is 5.32 Å². The smallest absolute Gasteiger partial charge is 0.162 e. The van der Waals surface area contributed by atoms with Crippen molar-refractivity contribution in [3.8, 4) is 5.75 Å². The van der Waals surface area contributed by atoms with Gasteiger partial charge in [0.15, 0.2) is 5.78 Å². The van der Waals surface area contributed by atoms with E-state index in [0.29, 0.717) is 6.42 Å². The zero-order valence-corrected chi connectivity index (χ0v) is 11.3. The summed E-state index contributed by atoms with van der Waals surface area (Å²) >= 11 is 0. The first-order valence-electron chi connectivity index (χ1n) is 7.32. The highest BCUT2D eigenvalue weighted by Crippen LogP contribution is 2.27. The molecule has 0 unspecified atom stereocenters. The van der Waals surface area contributed by atoms with Crippen LogP contribution < -0.4 is 10.1 Å². The summed E-state index contributed by atoms with van der Waals surface area (Å²) in [7, 11) is 0. The molecule has 1 fully saturated rings. The van der Waals surface area contributed by atoms with Gasteiger partial charge in [-0.25, -0.2) is 0 Å². The molecule has 0 bridgehead atoms. The van der Waals surface area contributed by atoms with Crippen LogP contribution in [0, 0.1) is 5.92 Å². The normalized spacial score (nSPS) is 18.9. The van der Waals surface area contributed by atoms with Gasteiger partial charge in [-0.2, -0.15) is 0 Å². The molecule has 1 saturated heterocycles. The lowest BCUT2D eigenvalue weighted by Crippen LogP contribution is -2.27. The highest BCUT2D eigenvalue weighted by molar-refractivity contribution is 5.96. The van der Waals surface area contributed by atoms with Crippen molar-refractivity contribution in [3.05, 3.63) is 29.3 Å². The minimum Gasteiger partial charge on any atom is -0.493 e. The minimum absolute atomic E-state index is 0.285. The summed E-state index contributed by atoms with van der Waals surface area (Å²) < 4.78 is 5.47. The average Bonchev–Trinajstić information content (AvgIpc) is 2.93. The number of carbonyl (C=O) groups is 1. The van der Waals surface area contributed by atoms with E-state index in [0.717, 1.165) is 49.8 Å². The maximum Gasteiger partial charge on any atom is 0.162 e. The number of carbonyl (C=O) groups excluding carboxylic acids is 1. The maximum atomic E-state index is 12.2. The molecule has 1 aromatic carbocycles. The van der Waals surface area contributed by atoms with Gasteiger partial charge in [0, 0.05) is 18.4 Å². The molecule has 0 spiro atoms. The van der Waals surface area contributed by atoms with Gasteiger partial charge in [0.25, 0.3) is 0 Å². The van der Waals surface area contributed by atoms with Crippen molar-refractivity contribution >= 4 is 5.78 Å². The van der Waals surface area contributed by atoms with Gasteiger partial charge in [-0.1, -0.05) is 0 Å². The van der Waals surface area contributed by atoms with E-state index in [1.165, 1.54) is 18.4 Å². The second kappa shape index (κ2) is 5.74. The van der Waals surface area contributed by atoms with Crippen molar-refractivity contribution in [2.75, 3.05) is 19.7 Å². The zero-order valence-electron chi connectivity index (χ0n) is 11.3. The van der Waals surface area contributed by atoms with Gasteiger partial charge in [0.05, 0.1) is 6.61 Å². The molecule has 102 valence electrons. The summed E-state index contributed by atoms with van der Waals surface area (Å²) in [6, 6.07) is 5.88. The molecule has 2 aliphatic rings. The van der Waals surface area contributed by atoms with Crippen LogP contribution in [0.15, 0.2) is 18.2 Å². The molecule has 3 nitrogen and oxygen atoms in total. The van der Waals surface area contributed by atoms with Crippen molar-refractivity contribution in [2.45, 2.75) is 32.1 Å². The first-order valence-corrected chi connectivity index (χ1v) is 7.32. The largest absolute Gasteiger partial charge is 0.493 e. The Morgan fingerprint density at radius 3 is 3.00 bits per heavy atom. The number of nitrogens with one attached hydrogen (secondary N) is 1. The van der Waals surface area contributed by atoms with E-state index in [-0.39, 0.29) is 5.78 Å². The standard InChI is InChI=1S/C16H21NO2/c18-15(3-1-12-5-8-17-9-6-12)13-2-4-16-14(11-13)7-10-19-16/h2,4,11-12,17H,1,3,5-10H2. The Labute approximate surface area is 114 Å². The Balaban J connectivity index is 1.57. The van der Waals surface area contributed by atoms with E-state index in [9.17, 15) is 4.79 Å². The molecule has 2 heterocycles. The van der Waals surface area contributed by atoms with E-state index >= 15 is 0 Å². The van der Waals surface area contributed by atoms with Crippen LogP contribution in [0.2, 0.25) is 0 Å². The second-order valence-corrected chi connectivity index (χ2v) is 5.58. The van der Waals surface area contributed by atoms with Crippen LogP contribution in [0.1, 0.15) is 41.6 Å². The van der Waals surface area contributed by atoms with Crippen molar-refractivity contribution in [2.24, 2.45) is 5.92 Å². The van der Waals surface area contributed by atoms with Gasteiger partial charge in [-0.05, 0) is 62.0 Å². The predicted octanol–water partition coefficient (Wildman–Crippen LogP) is 2.58. The molecule has 1 aromatic rings. The Morgan fingerprint density at radius 2 is 2.16 bits per heavy atom. The van der Waals surface area contributed by atoms with Crippen LogP contribution in [0.4, 0.5) is 0 Å². The molecule has 0 atom stereocenters. The third kappa shape index (κ3) is 2.98. The van der Waals surface area contributed by atoms with Crippen LogP contribution in [0.5, 0.6) is 5.75 Å². The Morgan fingerprint density at radius 1 is 1.32 bits per heavy atom. The number of benzene rings is 1. The number of ketones is 1. The molecule has 3 heteroatoms. The van der Waals surface area contributed by atoms with Crippen molar-refractivity contribution in [1.82, 2.24) is 5.32 Å². The highest BCUT2D eigenvalue weighted by Gasteiger charge is 2.17. The van der Waals surface area contributed by atoms with E-state index in [1.54, 1.807) is 0 Å². The second-order valence-electron chi connectivity index (χ2n) is 5.58. The Hall–Kier alpha value is -1.35. The first kappa shape index (κ1) is 12.7. The van der Waals surface area contributed by atoms with Crippen LogP contribution >= 0.6 is 0 Å². The fourth-order valence-corrected chi connectivity index (χ4v) is 3.01. The SMILES string of the molecule is O=C(CCC1CCNCC1)c1ccc2c(c1)CCO2. The molecular weight excluding hydrogens is 238 g/mol. The van der Waals surface area contributed by atoms with E-state index in [1.807, 2.05) is 18.2 Å². The summed E-state index contributed by atoms with van der Waals surface area (Å²) in [6.45, 7) is 2.96. The molecular formula is C16H21NO2. The fraction of sp³-hybridized carbons (Fsp3) is 0.562. The Bertz CT molecular complexity index is 464. The number of hydrogen-bond donors (Lipinski definition) is 1. The highest BCUT2D eigenvalue weighted by atomic mass is 16.5. The molecule has 0 saturated carbocycles. The summed E-state index contributed by atoms with van der Waals surface area (Å²) in [5, 5.41) is 3.36. The lowest BCUT2D eigenvalue weighted by Gasteiger charge is -2.22. The maximum absolute atomic E-state index is 12.2. The van der Waals surface area contributed by atoms with Gasteiger partial charge in [0.1, 0.15) is 5.75 Å². The van der Waals surface area contributed by atoms with Gasteiger partial charge >= 0.3 is 0 Å². The number of rotatable bonds is 4. The van der Waals surface area contributed by atoms with E-state index in [4.69, 9.17) is 4.74 Å². The molecule has 0 aromatic heterocycles. The average molecular weight is 259 g/mol. The quantitative estimate of drug-likeness (QED) is 0.845. The van der Waals surface area contributed by atoms with Crippen molar-refractivity contribution in [3.63, 3.8) is 0 Å². The van der Waals surface area contributed by atoms with Crippen molar-refractivity contribution < 1.29 is 9.53 Å². The number of hydrogen-bond acceptors (Lipinski definition) is 3.